The van der Waals surface area contributed by atoms with Crippen LogP contribution in [0.2, 0.25) is 5.02 Å². The first-order valence-electron chi connectivity index (χ1n) is 6.15. The van der Waals surface area contributed by atoms with Crippen LogP contribution in [0, 0.1) is 0 Å². The second kappa shape index (κ2) is 5.96. The van der Waals surface area contributed by atoms with Crippen molar-refractivity contribution in [2.24, 2.45) is 0 Å². The largest absolute Gasteiger partial charge is 0.469 e. The molecule has 1 aromatic carbocycles. The summed E-state index contributed by atoms with van der Waals surface area (Å²) in [5, 5.41) is 4.24. The first-order chi connectivity index (χ1) is 9.49. The van der Waals surface area contributed by atoms with Crippen molar-refractivity contribution >= 4 is 34.4 Å². The summed E-state index contributed by atoms with van der Waals surface area (Å²) in [6.45, 7) is 1.74. The molecule has 2 rings (SSSR count). The van der Waals surface area contributed by atoms with E-state index in [0.717, 1.165) is 10.9 Å². The summed E-state index contributed by atoms with van der Waals surface area (Å²) in [6.07, 6.45) is 0.133. The topological polar surface area (TPSA) is 71.2 Å². The predicted molar refractivity (Wildman–Crippen MR) is 76.9 cm³/mol. The number of fused-ring (bicyclic) bond motifs is 1. The van der Waals surface area contributed by atoms with E-state index < -0.39 is 0 Å². The highest BCUT2D eigenvalue weighted by atomic mass is 35.5. The Morgan fingerprint density at radius 3 is 2.85 bits per heavy atom. The highest BCUT2D eigenvalue weighted by Gasteiger charge is 2.15. The van der Waals surface area contributed by atoms with Crippen LogP contribution >= 0.6 is 11.6 Å². The molecule has 106 valence electrons. The molecule has 0 aliphatic heterocycles. The molecule has 0 saturated carbocycles. The van der Waals surface area contributed by atoms with E-state index >= 15 is 0 Å². The first-order valence-corrected chi connectivity index (χ1v) is 6.53. The third-order valence-corrected chi connectivity index (χ3v) is 3.14. The Morgan fingerprint density at radius 1 is 1.40 bits per heavy atom. The predicted octanol–water partition coefficient (Wildman–Crippen LogP) is 2.50. The average molecular weight is 295 g/mol. The maximum absolute atomic E-state index is 12.1. The highest BCUT2D eigenvalue weighted by molar-refractivity contribution is 6.31. The molecule has 0 unspecified atom stereocenters. The molecule has 0 fully saturated rings. The van der Waals surface area contributed by atoms with Crippen molar-refractivity contribution in [3.63, 3.8) is 0 Å². The Balaban J connectivity index is 2.09. The lowest BCUT2D eigenvalue weighted by molar-refractivity contribution is -0.141. The Kier molecular flexibility index (Phi) is 4.29. The van der Waals surface area contributed by atoms with E-state index in [-0.39, 0.29) is 24.3 Å². The van der Waals surface area contributed by atoms with Crippen LogP contribution in [0.25, 0.3) is 10.9 Å². The van der Waals surface area contributed by atoms with Crippen LogP contribution in [-0.2, 0) is 9.53 Å². The second-order valence-corrected chi connectivity index (χ2v) is 5.01. The van der Waals surface area contributed by atoms with Crippen molar-refractivity contribution in [3.05, 3.63) is 35.0 Å². The standard InChI is InChI=1S/C14H15ClN2O3/c1-8(5-13(18)20-2)16-14(19)12-6-9-3-4-10(15)7-11(9)17-12/h3-4,6-8,17H,5H2,1-2H3,(H,16,19)/t8-/m1/s1. The molecule has 0 aliphatic rings. The van der Waals surface area contributed by atoms with E-state index in [1.54, 1.807) is 25.1 Å². The van der Waals surface area contributed by atoms with Gasteiger partial charge in [-0.05, 0) is 25.1 Å². The summed E-state index contributed by atoms with van der Waals surface area (Å²) in [6, 6.07) is 6.80. The van der Waals surface area contributed by atoms with E-state index in [1.165, 1.54) is 7.11 Å². The minimum atomic E-state index is -0.360. The zero-order chi connectivity index (χ0) is 14.7. The molecule has 2 N–H and O–H groups in total. The molecular formula is C14H15ClN2O3. The van der Waals surface area contributed by atoms with Gasteiger partial charge in [0.15, 0.2) is 0 Å². The SMILES string of the molecule is COC(=O)C[C@@H](C)NC(=O)c1cc2ccc(Cl)cc2[nH]1. The van der Waals surface area contributed by atoms with Gasteiger partial charge in [0.1, 0.15) is 5.69 Å². The van der Waals surface area contributed by atoms with Crippen molar-refractivity contribution in [3.8, 4) is 0 Å². The third kappa shape index (κ3) is 3.30. The fourth-order valence-corrected chi connectivity index (χ4v) is 2.08. The number of hydrogen-bond donors (Lipinski definition) is 2. The van der Waals surface area contributed by atoms with Gasteiger partial charge in [-0.3, -0.25) is 9.59 Å². The Morgan fingerprint density at radius 2 is 2.15 bits per heavy atom. The van der Waals surface area contributed by atoms with Crippen LogP contribution in [0.4, 0.5) is 0 Å². The van der Waals surface area contributed by atoms with Crippen molar-refractivity contribution in [1.29, 1.82) is 0 Å². The second-order valence-electron chi connectivity index (χ2n) is 4.57. The zero-order valence-electron chi connectivity index (χ0n) is 11.2. The number of aromatic amines is 1. The molecule has 20 heavy (non-hydrogen) atoms. The normalized spacial score (nSPS) is 12.2. The number of amides is 1. The summed E-state index contributed by atoms with van der Waals surface area (Å²) >= 11 is 5.89. The number of benzene rings is 1. The number of rotatable bonds is 4. The van der Waals surface area contributed by atoms with Crippen LogP contribution in [0.5, 0.6) is 0 Å². The number of aromatic nitrogens is 1. The van der Waals surface area contributed by atoms with Crippen molar-refractivity contribution < 1.29 is 14.3 Å². The average Bonchev–Trinajstić information content (AvgIpc) is 2.81. The van der Waals surface area contributed by atoms with Crippen LogP contribution in [-0.4, -0.2) is 30.0 Å². The third-order valence-electron chi connectivity index (χ3n) is 2.91. The van der Waals surface area contributed by atoms with Crippen LogP contribution < -0.4 is 5.32 Å². The number of halogens is 1. The van der Waals surface area contributed by atoms with Gasteiger partial charge >= 0.3 is 5.97 Å². The van der Waals surface area contributed by atoms with Gasteiger partial charge in [0.25, 0.3) is 5.91 Å². The van der Waals surface area contributed by atoms with Crippen LogP contribution in [0.3, 0.4) is 0 Å². The number of ether oxygens (including phenoxy) is 1. The first kappa shape index (κ1) is 14.4. The lowest BCUT2D eigenvalue weighted by Crippen LogP contribution is -2.34. The van der Waals surface area contributed by atoms with Crippen molar-refractivity contribution in [2.45, 2.75) is 19.4 Å². The number of H-pyrrole nitrogens is 1. The van der Waals surface area contributed by atoms with Gasteiger partial charge in [-0.15, -0.1) is 0 Å². The van der Waals surface area contributed by atoms with Crippen molar-refractivity contribution in [1.82, 2.24) is 10.3 Å². The molecule has 6 heteroatoms. The Labute approximate surface area is 121 Å². The molecule has 0 aliphatic carbocycles. The number of methoxy groups -OCH3 is 1. The summed E-state index contributed by atoms with van der Waals surface area (Å²) in [4.78, 5) is 26.2. The van der Waals surface area contributed by atoms with E-state index in [1.807, 2.05) is 6.07 Å². The van der Waals surface area contributed by atoms with Crippen LogP contribution in [0.15, 0.2) is 24.3 Å². The van der Waals surface area contributed by atoms with Gasteiger partial charge in [0, 0.05) is 22.0 Å². The monoisotopic (exact) mass is 294 g/mol. The molecule has 1 amide bonds. The lowest BCUT2D eigenvalue weighted by Gasteiger charge is -2.11. The fraction of sp³-hybridized carbons (Fsp3) is 0.286. The molecule has 1 heterocycles. The fourth-order valence-electron chi connectivity index (χ4n) is 1.91. The molecule has 1 aromatic heterocycles. The molecule has 0 saturated heterocycles. The Bertz CT molecular complexity index is 651. The lowest BCUT2D eigenvalue weighted by atomic mass is 10.2. The summed E-state index contributed by atoms with van der Waals surface area (Å²) in [5.74, 6) is -0.630. The van der Waals surface area contributed by atoms with E-state index in [0.29, 0.717) is 10.7 Å². The van der Waals surface area contributed by atoms with Gasteiger partial charge < -0.3 is 15.0 Å². The van der Waals surface area contributed by atoms with Crippen molar-refractivity contribution in [2.75, 3.05) is 7.11 Å². The smallest absolute Gasteiger partial charge is 0.307 e. The number of esters is 1. The Hall–Kier alpha value is -2.01. The van der Waals surface area contributed by atoms with E-state index in [9.17, 15) is 9.59 Å². The quantitative estimate of drug-likeness (QED) is 0.851. The van der Waals surface area contributed by atoms with Gasteiger partial charge in [-0.25, -0.2) is 0 Å². The van der Waals surface area contributed by atoms with E-state index in [4.69, 9.17) is 11.6 Å². The van der Waals surface area contributed by atoms with Gasteiger partial charge in [0.2, 0.25) is 0 Å². The zero-order valence-corrected chi connectivity index (χ0v) is 12.0. The molecule has 0 bridgehead atoms. The number of carbonyl (C=O) groups excluding carboxylic acids is 2. The minimum absolute atomic E-state index is 0.133. The minimum Gasteiger partial charge on any atom is -0.469 e. The molecule has 0 radical (unpaired) electrons. The van der Waals surface area contributed by atoms with Gasteiger partial charge in [-0.1, -0.05) is 17.7 Å². The molecule has 2 aromatic rings. The molecule has 1 atom stereocenters. The molecular weight excluding hydrogens is 280 g/mol. The number of hydrogen-bond acceptors (Lipinski definition) is 3. The maximum atomic E-state index is 12.1. The summed E-state index contributed by atoms with van der Waals surface area (Å²) in [5.41, 5.74) is 1.22. The molecule has 0 spiro atoms. The summed E-state index contributed by atoms with van der Waals surface area (Å²) in [7, 11) is 1.32. The van der Waals surface area contributed by atoms with Crippen LogP contribution in [0.1, 0.15) is 23.8 Å². The number of carbonyl (C=O) groups is 2. The highest BCUT2D eigenvalue weighted by Crippen LogP contribution is 2.19. The molecule has 5 nitrogen and oxygen atoms in total. The summed E-state index contributed by atoms with van der Waals surface area (Å²) < 4.78 is 4.56. The number of nitrogens with one attached hydrogen (secondary N) is 2. The van der Waals surface area contributed by atoms with E-state index in [2.05, 4.69) is 15.0 Å². The van der Waals surface area contributed by atoms with Gasteiger partial charge in [-0.2, -0.15) is 0 Å². The maximum Gasteiger partial charge on any atom is 0.307 e. The van der Waals surface area contributed by atoms with Gasteiger partial charge in [0.05, 0.1) is 13.5 Å².